The predicted molar refractivity (Wildman–Crippen MR) is 135 cm³/mol. The fourth-order valence-electron chi connectivity index (χ4n) is 4.75. The number of benzene rings is 1. The molecule has 1 aliphatic heterocycles. The first-order valence-electron chi connectivity index (χ1n) is 12.9. The molecular formula is C26H36F2N4O7. The van der Waals surface area contributed by atoms with Crippen LogP contribution >= 0.6 is 0 Å². The van der Waals surface area contributed by atoms with Gasteiger partial charge < -0.3 is 30.5 Å². The molecule has 1 heterocycles. The smallest absolute Gasteiger partial charge is 0.345 e. The second-order valence-corrected chi connectivity index (χ2v) is 10.2. The van der Waals surface area contributed by atoms with Gasteiger partial charge in [0.1, 0.15) is 17.6 Å². The Hall–Kier alpha value is -3.16. The molecule has 2 fully saturated rings. The lowest BCUT2D eigenvalue weighted by molar-refractivity contribution is -0.149. The maximum absolute atomic E-state index is 13.4. The number of alkyl halides is 2. The van der Waals surface area contributed by atoms with E-state index in [0.29, 0.717) is 31.9 Å². The summed E-state index contributed by atoms with van der Waals surface area (Å²) >= 11 is 0. The zero-order valence-corrected chi connectivity index (χ0v) is 22.0. The van der Waals surface area contributed by atoms with E-state index in [9.17, 15) is 33.1 Å². The molecule has 1 unspecified atom stereocenters. The molecule has 4 atom stereocenters. The summed E-state index contributed by atoms with van der Waals surface area (Å²) < 4.78 is 35.2. The SMILES string of the molecule is CC(C)[C@@H]1CC1(NC(=O)[C@H](COC(F)F)NC(=O)CN1CCOCC1)C(=O)N[C@@H](Cc1ccccc1)C(=O)O. The number of morpholine rings is 1. The molecule has 1 aliphatic carbocycles. The highest BCUT2D eigenvalue weighted by Crippen LogP contribution is 2.48. The first-order valence-corrected chi connectivity index (χ1v) is 12.9. The Kier molecular flexibility index (Phi) is 10.7. The third-order valence-electron chi connectivity index (χ3n) is 6.97. The van der Waals surface area contributed by atoms with Gasteiger partial charge in [-0.05, 0) is 23.8 Å². The Morgan fingerprint density at radius 3 is 2.33 bits per heavy atom. The lowest BCUT2D eigenvalue weighted by Crippen LogP contribution is -2.60. The fourth-order valence-corrected chi connectivity index (χ4v) is 4.75. The number of carboxylic acids is 1. The Morgan fingerprint density at radius 2 is 1.77 bits per heavy atom. The number of hydrogen-bond acceptors (Lipinski definition) is 7. The summed E-state index contributed by atoms with van der Waals surface area (Å²) in [6.07, 6.45) is 0.255. The average molecular weight is 555 g/mol. The zero-order chi connectivity index (χ0) is 28.6. The van der Waals surface area contributed by atoms with Crippen molar-refractivity contribution in [3.63, 3.8) is 0 Å². The van der Waals surface area contributed by atoms with Crippen LogP contribution in [0.25, 0.3) is 0 Å². The summed E-state index contributed by atoms with van der Waals surface area (Å²) in [5.74, 6) is -3.76. The highest BCUT2D eigenvalue weighted by atomic mass is 19.3. The number of carboxylic acid groups (broad SMARTS) is 1. The van der Waals surface area contributed by atoms with Gasteiger partial charge in [-0.2, -0.15) is 8.78 Å². The van der Waals surface area contributed by atoms with Gasteiger partial charge in [-0.15, -0.1) is 0 Å². The fraction of sp³-hybridized carbons (Fsp3) is 0.615. The van der Waals surface area contributed by atoms with E-state index in [2.05, 4.69) is 20.7 Å². The largest absolute Gasteiger partial charge is 0.480 e. The topological polar surface area (TPSA) is 146 Å². The molecule has 0 aromatic heterocycles. The molecule has 4 N–H and O–H groups in total. The number of rotatable bonds is 14. The van der Waals surface area contributed by atoms with Crippen molar-refractivity contribution in [3.05, 3.63) is 35.9 Å². The highest BCUT2D eigenvalue weighted by Gasteiger charge is 2.62. The molecule has 0 radical (unpaired) electrons. The minimum atomic E-state index is -3.17. The van der Waals surface area contributed by atoms with Gasteiger partial charge in [0, 0.05) is 19.5 Å². The number of carbonyl (C=O) groups is 4. The van der Waals surface area contributed by atoms with Crippen LogP contribution in [-0.2, 0) is 35.1 Å². The predicted octanol–water partition coefficient (Wildman–Crippen LogP) is 0.386. The molecule has 2 aliphatic rings. The van der Waals surface area contributed by atoms with Gasteiger partial charge in [-0.25, -0.2) is 4.79 Å². The zero-order valence-electron chi connectivity index (χ0n) is 22.0. The number of hydrogen-bond donors (Lipinski definition) is 4. The van der Waals surface area contributed by atoms with Crippen LogP contribution in [0.3, 0.4) is 0 Å². The number of aliphatic carboxylic acids is 1. The maximum atomic E-state index is 13.4. The third-order valence-corrected chi connectivity index (χ3v) is 6.97. The Bertz CT molecular complexity index is 1010. The van der Waals surface area contributed by atoms with Crippen LogP contribution in [0.4, 0.5) is 8.78 Å². The molecule has 3 rings (SSSR count). The van der Waals surface area contributed by atoms with Crippen molar-refractivity contribution in [3.8, 4) is 0 Å². The monoisotopic (exact) mass is 554 g/mol. The second kappa shape index (κ2) is 13.8. The summed E-state index contributed by atoms with van der Waals surface area (Å²) in [5.41, 5.74) is -0.750. The number of amides is 3. The van der Waals surface area contributed by atoms with Gasteiger partial charge in [0.15, 0.2) is 0 Å². The lowest BCUT2D eigenvalue weighted by Gasteiger charge is -2.28. The second-order valence-electron chi connectivity index (χ2n) is 10.2. The van der Waals surface area contributed by atoms with Gasteiger partial charge in [-0.3, -0.25) is 19.3 Å². The molecule has 13 heteroatoms. The summed E-state index contributed by atoms with van der Waals surface area (Å²) in [4.78, 5) is 53.0. The first kappa shape index (κ1) is 30.4. The van der Waals surface area contributed by atoms with E-state index in [1.165, 1.54) is 0 Å². The number of halogens is 2. The van der Waals surface area contributed by atoms with Crippen molar-refractivity contribution in [2.24, 2.45) is 11.8 Å². The number of ether oxygens (including phenoxy) is 2. The molecule has 1 aromatic rings. The van der Waals surface area contributed by atoms with Crippen LogP contribution in [0, 0.1) is 11.8 Å². The van der Waals surface area contributed by atoms with E-state index >= 15 is 0 Å². The van der Waals surface area contributed by atoms with Gasteiger partial charge in [0.25, 0.3) is 0 Å². The van der Waals surface area contributed by atoms with E-state index in [0.717, 1.165) is 0 Å². The normalized spacial score (nSPS) is 22.7. The van der Waals surface area contributed by atoms with Crippen molar-refractivity contribution in [2.45, 2.75) is 50.9 Å². The molecule has 1 aromatic carbocycles. The molecule has 0 bridgehead atoms. The highest BCUT2D eigenvalue weighted by molar-refractivity contribution is 5.98. The molecule has 0 spiro atoms. The van der Waals surface area contributed by atoms with E-state index < -0.39 is 54.5 Å². The molecule has 216 valence electrons. The number of carbonyl (C=O) groups excluding carboxylic acids is 3. The van der Waals surface area contributed by atoms with Gasteiger partial charge >= 0.3 is 12.6 Å². The van der Waals surface area contributed by atoms with Crippen LogP contribution in [0.2, 0.25) is 0 Å². The van der Waals surface area contributed by atoms with Crippen molar-refractivity contribution >= 4 is 23.7 Å². The van der Waals surface area contributed by atoms with E-state index in [-0.39, 0.29) is 31.2 Å². The quantitative estimate of drug-likeness (QED) is 0.258. The minimum Gasteiger partial charge on any atom is -0.480 e. The number of nitrogens with zero attached hydrogens (tertiary/aromatic N) is 1. The van der Waals surface area contributed by atoms with Crippen LogP contribution in [-0.4, -0.2) is 97.4 Å². The molecule has 1 saturated carbocycles. The standard InChI is InChI=1S/C26H36F2N4O7/c1-16(2)18-13-26(18,24(37)30-19(23(35)36)12-17-6-4-3-5-7-17)31-22(34)20(15-39-25(27)28)29-21(33)14-32-8-10-38-11-9-32/h3-7,16,18-20,25H,8-15H2,1-2H3,(H,29,33)(H,30,37)(H,31,34)(H,35,36)/t18-,19-,20-,26?/m0/s1. The Labute approximate surface area is 225 Å². The van der Waals surface area contributed by atoms with E-state index in [1.54, 1.807) is 35.2 Å². The van der Waals surface area contributed by atoms with Gasteiger partial charge in [-0.1, -0.05) is 44.2 Å². The maximum Gasteiger partial charge on any atom is 0.345 e. The number of nitrogens with one attached hydrogen (secondary N) is 3. The van der Waals surface area contributed by atoms with Crippen molar-refractivity contribution in [1.82, 2.24) is 20.9 Å². The van der Waals surface area contributed by atoms with Crippen LogP contribution in [0.5, 0.6) is 0 Å². The molecule has 1 saturated heterocycles. The molecule has 39 heavy (non-hydrogen) atoms. The summed E-state index contributed by atoms with van der Waals surface area (Å²) in [5, 5.41) is 17.3. The summed E-state index contributed by atoms with van der Waals surface area (Å²) in [6.45, 7) is 1.56. The van der Waals surface area contributed by atoms with E-state index in [1.807, 2.05) is 13.8 Å². The lowest BCUT2D eigenvalue weighted by atomic mass is 10.0. The Balaban J connectivity index is 1.71. The minimum absolute atomic E-state index is 0.0285. The van der Waals surface area contributed by atoms with E-state index in [4.69, 9.17) is 4.74 Å². The Morgan fingerprint density at radius 1 is 1.10 bits per heavy atom. The summed E-state index contributed by atoms with van der Waals surface area (Å²) in [6, 6.07) is 6.01. The van der Waals surface area contributed by atoms with Crippen molar-refractivity contribution < 1.29 is 42.5 Å². The van der Waals surface area contributed by atoms with Gasteiger partial charge in [0.05, 0.1) is 26.4 Å². The van der Waals surface area contributed by atoms with Crippen LogP contribution < -0.4 is 16.0 Å². The molecular weight excluding hydrogens is 518 g/mol. The third kappa shape index (κ3) is 8.67. The van der Waals surface area contributed by atoms with Crippen LogP contribution in [0.1, 0.15) is 25.8 Å². The molecule has 3 amide bonds. The van der Waals surface area contributed by atoms with Gasteiger partial charge in [0.2, 0.25) is 17.7 Å². The summed E-state index contributed by atoms with van der Waals surface area (Å²) in [7, 11) is 0. The molecule has 11 nitrogen and oxygen atoms in total. The van der Waals surface area contributed by atoms with Crippen LogP contribution in [0.15, 0.2) is 30.3 Å². The first-order chi connectivity index (χ1) is 18.5. The average Bonchev–Trinajstić information content (AvgIpc) is 3.63. The van der Waals surface area contributed by atoms with Crippen molar-refractivity contribution in [1.29, 1.82) is 0 Å². The van der Waals surface area contributed by atoms with Crippen molar-refractivity contribution in [2.75, 3.05) is 39.5 Å².